The maximum atomic E-state index is 12.6. The molecule has 3 heterocycles. The standard InChI is InChI=1S/C24H31N7O3.C2H6.2C2H2/c1-24(2,33)15-8-11-18(26-14-15)22(32)30(3)12-6-5-7-20-28-21-17-10-9-16(34-4)13-19(17)27-23(25)31(21)29-20;3*1-2/h8-11,13-14,20,25,28-29,33H,5-7,12H2,1-4H3;1-2H3;2*1-2H. The summed E-state index contributed by atoms with van der Waals surface area (Å²) in [6.45, 7) is 7.97. The highest BCUT2D eigenvalue weighted by Gasteiger charge is 2.23. The first-order valence-electron chi connectivity index (χ1n) is 13.0. The zero-order chi connectivity index (χ0) is 30.5. The van der Waals surface area contributed by atoms with Crippen LogP contribution in [0.3, 0.4) is 0 Å². The Morgan fingerprint density at radius 3 is 2.42 bits per heavy atom. The van der Waals surface area contributed by atoms with Crippen molar-refractivity contribution in [2.75, 3.05) is 31.4 Å². The van der Waals surface area contributed by atoms with E-state index in [1.54, 1.807) is 55.9 Å². The van der Waals surface area contributed by atoms with Crippen molar-refractivity contribution in [1.29, 1.82) is 5.41 Å². The Hall–Kier alpha value is -4.54. The Balaban J connectivity index is 0.00000125. The fourth-order valence-electron chi connectivity index (χ4n) is 3.96. The lowest BCUT2D eigenvalue weighted by atomic mass is 10.0. The van der Waals surface area contributed by atoms with E-state index >= 15 is 0 Å². The first-order valence-corrected chi connectivity index (χ1v) is 13.0. The molecule has 0 saturated heterocycles. The summed E-state index contributed by atoms with van der Waals surface area (Å²) in [6, 6.07) is 9.02. The number of unbranched alkanes of at least 4 members (excludes halogenated alkanes) is 1. The molecule has 4 N–H and O–H groups in total. The fraction of sp³-hybridized carbons (Fsp3) is 0.400. The number of ether oxygens (including phenoxy) is 1. The van der Waals surface area contributed by atoms with Gasteiger partial charge in [-0.3, -0.25) is 20.6 Å². The third kappa shape index (κ3) is 8.23. The summed E-state index contributed by atoms with van der Waals surface area (Å²) in [4.78, 5) is 22.9. The Bertz CT molecular complexity index is 1330. The molecule has 0 saturated carbocycles. The lowest BCUT2D eigenvalue weighted by Gasteiger charge is -2.19. The van der Waals surface area contributed by atoms with Gasteiger partial charge >= 0.3 is 0 Å². The molecule has 0 aliphatic carbocycles. The highest BCUT2D eigenvalue weighted by Crippen LogP contribution is 2.27. The molecule has 1 aromatic carbocycles. The minimum Gasteiger partial charge on any atom is -0.497 e. The molecule has 10 nitrogen and oxygen atoms in total. The van der Waals surface area contributed by atoms with Crippen LogP contribution in [0.1, 0.15) is 63.0 Å². The van der Waals surface area contributed by atoms with Crippen LogP contribution in [0.2, 0.25) is 0 Å². The number of anilines is 1. The van der Waals surface area contributed by atoms with E-state index in [0.717, 1.165) is 30.5 Å². The topological polar surface area (TPSA) is 128 Å². The van der Waals surface area contributed by atoms with Crippen LogP contribution in [0, 0.1) is 31.1 Å². The van der Waals surface area contributed by atoms with Crippen LogP contribution in [0.4, 0.5) is 5.82 Å². The van der Waals surface area contributed by atoms with E-state index in [9.17, 15) is 9.90 Å². The highest BCUT2D eigenvalue weighted by atomic mass is 16.5. The van der Waals surface area contributed by atoms with Crippen molar-refractivity contribution in [2.24, 2.45) is 0 Å². The van der Waals surface area contributed by atoms with Crippen molar-refractivity contribution in [3.8, 4) is 31.4 Å². The number of methoxy groups -OCH3 is 1. The molecule has 10 heteroatoms. The number of fused-ring (bicyclic) bond motifs is 3. The van der Waals surface area contributed by atoms with Gasteiger partial charge in [-0.1, -0.05) is 19.9 Å². The maximum absolute atomic E-state index is 12.6. The molecule has 1 amide bonds. The first kappa shape index (κ1) is 33.5. The molecule has 1 unspecified atom stereocenters. The molecule has 1 atom stereocenters. The summed E-state index contributed by atoms with van der Waals surface area (Å²) in [5.41, 5.74) is 4.16. The summed E-state index contributed by atoms with van der Waals surface area (Å²) in [5.74, 6) is 1.37. The van der Waals surface area contributed by atoms with E-state index in [2.05, 4.69) is 46.4 Å². The number of benzene rings is 1. The number of hydrogen-bond donors (Lipinski definition) is 4. The van der Waals surface area contributed by atoms with Gasteiger partial charge in [0.25, 0.3) is 5.91 Å². The summed E-state index contributed by atoms with van der Waals surface area (Å²) in [6.07, 6.45) is 20.0. The third-order valence-corrected chi connectivity index (χ3v) is 5.99. The SMILES string of the molecule is C#C.C#C.CC.COc1ccc2c3n(c(=N)nc2c1)NC(CCCCN(C)C(=O)c1ccc(C(C)(C)O)cn1)N3. The molecule has 0 bridgehead atoms. The van der Waals surface area contributed by atoms with Gasteiger partial charge in [0.1, 0.15) is 23.4 Å². The Labute approximate surface area is 237 Å². The molecule has 4 rings (SSSR count). The number of terminal acetylenes is 2. The van der Waals surface area contributed by atoms with Crippen LogP contribution < -0.4 is 21.1 Å². The molecule has 3 aromatic rings. The predicted molar refractivity (Wildman–Crippen MR) is 160 cm³/mol. The molecule has 1 aliphatic heterocycles. The van der Waals surface area contributed by atoms with Gasteiger partial charge in [-0.05, 0) is 51.3 Å². The van der Waals surface area contributed by atoms with Gasteiger partial charge in [0, 0.05) is 36.8 Å². The van der Waals surface area contributed by atoms with E-state index in [4.69, 9.17) is 10.1 Å². The van der Waals surface area contributed by atoms with Crippen molar-refractivity contribution in [3.05, 3.63) is 53.4 Å². The largest absolute Gasteiger partial charge is 0.497 e. The summed E-state index contributed by atoms with van der Waals surface area (Å²) in [7, 11) is 3.37. The van der Waals surface area contributed by atoms with Gasteiger partial charge in [0.2, 0.25) is 5.62 Å². The van der Waals surface area contributed by atoms with Crippen molar-refractivity contribution in [3.63, 3.8) is 0 Å². The number of rotatable bonds is 8. The number of pyridine rings is 1. The third-order valence-electron chi connectivity index (χ3n) is 5.99. The van der Waals surface area contributed by atoms with Crippen LogP contribution in [0.5, 0.6) is 5.75 Å². The number of aromatic nitrogens is 3. The zero-order valence-corrected chi connectivity index (χ0v) is 24.2. The molecule has 0 spiro atoms. The van der Waals surface area contributed by atoms with Gasteiger partial charge in [-0.2, -0.15) is 0 Å². The second-order valence-electron chi connectivity index (χ2n) is 9.04. The molecular formula is C30H41N7O3. The maximum Gasteiger partial charge on any atom is 0.272 e. The van der Waals surface area contributed by atoms with E-state index in [1.807, 2.05) is 32.0 Å². The molecule has 0 fully saturated rings. The number of nitrogens with zero attached hydrogens (tertiary/aromatic N) is 4. The Kier molecular flexibility index (Phi) is 13.2. The van der Waals surface area contributed by atoms with Gasteiger partial charge in [-0.25, -0.2) is 9.66 Å². The molecule has 0 radical (unpaired) electrons. The van der Waals surface area contributed by atoms with Crippen LogP contribution >= 0.6 is 0 Å². The van der Waals surface area contributed by atoms with Crippen LogP contribution in [0.15, 0.2) is 36.5 Å². The minimum atomic E-state index is -0.989. The molecule has 2 aromatic heterocycles. The number of hydrogen-bond acceptors (Lipinski definition) is 8. The van der Waals surface area contributed by atoms with E-state index < -0.39 is 5.60 Å². The smallest absolute Gasteiger partial charge is 0.272 e. The van der Waals surface area contributed by atoms with Crippen molar-refractivity contribution < 1.29 is 14.6 Å². The summed E-state index contributed by atoms with van der Waals surface area (Å²) in [5, 5.41) is 22.6. The van der Waals surface area contributed by atoms with Gasteiger partial charge < -0.3 is 20.1 Å². The lowest BCUT2D eigenvalue weighted by molar-refractivity contribution is 0.0760. The molecular weight excluding hydrogens is 506 g/mol. The number of carbonyl (C=O) groups is 1. The predicted octanol–water partition coefficient (Wildman–Crippen LogP) is 3.91. The van der Waals surface area contributed by atoms with E-state index in [0.29, 0.717) is 29.1 Å². The number of aliphatic hydroxyl groups is 1. The number of nitrogens with one attached hydrogen (secondary N) is 3. The zero-order valence-electron chi connectivity index (χ0n) is 24.2. The second kappa shape index (κ2) is 15.8. The van der Waals surface area contributed by atoms with E-state index in [1.165, 1.54) is 0 Å². The van der Waals surface area contributed by atoms with Crippen molar-refractivity contribution >= 4 is 22.6 Å². The van der Waals surface area contributed by atoms with Crippen LogP contribution in [0.25, 0.3) is 10.9 Å². The van der Waals surface area contributed by atoms with Gasteiger partial charge in [0.15, 0.2) is 0 Å². The van der Waals surface area contributed by atoms with E-state index in [-0.39, 0.29) is 17.7 Å². The van der Waals surface area contributed by atoms with Crippen LogP contribution in [-0.2, 0) is 5.60 Å². The summed E-state index contributed by atoms with van der Waals surface area (Å²) >= 11 is 0. The van der Waals surface area contributed by atoms with Crippen LogP contribution in [-0.4, -0.2) is 57.4 Å². The normalized spacial score (nSPS) is 12.9. The average molecular weight is 548 g/mol. The number of carbonyl (C=O) groups excluding carboxylic acids is 1. The molecule has 214 valence electrons. The number of amides is 1. The molecule has 40 heavy (non-hydrogen) atoms. The average Bonchev–Trinajstić information content (AvgIpc) is 3.42. The highest BCUT2D eigenvalue weighted by molar-refractivity contribution is 5.92. The van der Waals surface area contributed by atoms with Gasteiger partial charge in [-0.15, -0.1) is 25.7 Å². The lowest BCUT2D eigenvalue weighted by Crippen LogP contribution is -2.32. The Morgan fingerprint density at radius 1 is 1.18 bits per heavy atom. The quantitative estimate of drug-likeness (QED) is 0.249. The minimum absolute atomic E-state index is 0.0318. The Morgan fingerprint density at radius 2 is 1.85 bits per heavy atom. The van der Waals surface area contributed by atoms with Crippen molar-refractivity contribution in [2.45, 2.75) is 58.7 Å². The summed E-state index contributed by atoms with van der Waals surface area (Å²) < 4.78 is 6.93. The fourth-order valence-corrected chi connectivity index (χ4v) is 3.96. The monoisotopic (exact) mass is 547 g/mol. The molecule has 1 aliphatic rings. The first-order chi connectivity index (χ1) is 19.2. The van der Waals surface area contributed by atoms with Gasteiger partial charge in [0.05, 0.1) is 18.2 Å². The second-order valence-corrected chi connectivity index (χ2v) is 9.04. The van der Waals surface area contributed by atoms with Crippen molar-refractivity contribution in [1.82, 2.24) is 19.5 Å².